The van der Waals surface area contributed by atoms with Gasteiger partial charge in [0.15, 0.2) is 5.69 Å². The van der Waals surface area contributed by atoms with Crippen molar-refractivity contribution in [2.24, 2.45) is 0 Å². The first-order valence-corrected chi connectivity index (χ1v) is 9.75. The van der Waals surface area contributed by atoms with Gasteiger partial charge < -0.3 is 4.90 Å². The smallest absolute Gasteiger partial charge is 0.276 e. The predicted molar refractivity (Wildman–Crippen MR) is 108 cm³/mol. The summed E-state index contributed by atoms with van der Waals surface area (Å²) in [6.45, 7) is 4.48. The van der Waals surface area contributed by atoms with Crippen LogP contribution in [-0.2, 0) is 13.1 Å². The molecule has 0 spiro atoms. The van der Waals surface area contributed by atoms with Gasteiger partial charge in [-0.15, -0.1) is 5.10 Å². The van der Waals surface area contributed by atoms with Crippen LogP contribution in [0.3, 0.4) is 0 Å². The Hall–Kier alpha value is -2.70. The second kappa shape index (κ2) is 8.54. The summed E-state index contributed by atoms with van der Waals surface area (Å²) in [5.74, 6) is -0.0540. The molecule has 4 rings (SSSR count). The number of hydrogen-bond acceptors (Lipinski definition) is 4. The molecule has 0 N–H and O–H groups in total. The molecular formula is C21H22ClN5O. The lowest BCUT2D eigenvalue weighted by molar-refractivity contribution is 0.0622. The molecule has 1 fully saturated rings. The first kappa shape index (κ1) is 18.7. The summed E-state index contributed by atoms with van der Waals surface area (Å²) in [6, 6.07) is 17.9. The monoisotopic (exact) mass is 395 g/mol. The molecule has 0 unspecified atom stereocenters. The van der Waals surface area contributed by atoms with Gasteiger partial charge in [0, 0.05) is 37.7 Å². The molecule has 2 aromatic carbocycles. The molecular weight excluding hydrogens is 374 g/mol. The molecule has 0 saturated carbocycles. The van der Waals surface area contributed by atoms with E-state index in [0.717, 1.165) is 30.2 Å². The molecule has 1 amide bonds. The predicted octanol–water partition coefficient (Wildman–Crippen LogP) is 2.94. The third-order valence-electron chi connectivity index (χ3n) is 4.90. The molecule has 3 aromatic rings. The van der Waals surface area contributed by atoms with E-state index in [0.29, 0.717) is 25.3 Å². The second-order valence-electron chi connectivity index (χ2n) is 6.99. The van der Waals surface area contributed by atoms with E-state index in [4.69, 9.17) is 11.6 Å². The number of carbonyl (C=O) groups is 1. The van der Waals surface area contributed by atoms with Crippen molar-refractivity contribution in [3.8, 4) is 0 Å². The van der Waals surface area contributed by atoms with E-state index in [-0.39, 0.29) is 5.91 Å². The molecule has 1 saturated heterocycles. The van der Waals surface area contributed by atoms with E-state index in [9.17, 15) is 4.79 Å². The van der Waals surface area contributed by atoms with E-state index < -0.39 is 0 Å². The van der Waals surface area contributed by atoms with E-state index in [1.54, 1.807) is 10.9 Å². The third-order valence-corrected chi connectivity index (χ3v) is 5.13. The summed E-state index contributed by atoms with van der Waals surface area (Å²) in [6.07, 6.45) is 1.73. The van der Waals surface area contributed by atoms with Gasteiger partial charge in [-0.2, -0.15) is 0 Å². The Morgan fingerprint density at radius 3 is 2.43 bits per heavy atom. The summed E-state index contributed by atoms with van der Waals surface area (Å²) in [5, 5.41) is 8.93. The van der Waals surface area contributed by atoms with E-state index >= 15 is 0 Å². The SMILES string of the molecule is O=C(c1cn(Cc2ccccc2)nn1)N1CCN(Cc2cccc(Cl)c2)CC1. The van der Waals surface area contributed by atoms with Crippen molar-refractivity contribution in [1.29, 1.82) is 0 Å². The second-order valence-corrected chi connectivity index (χ2v) is 7.42. The van der Waals surface area contributed by atoms with Crippen LogP contribution in [0.25, 0.3) is 0 Å². The molecule has 0 aliphatic carbocycles. The van der Waals surface area contributed by atoms with Crippen molar-refractivity contribution < 1.29 is 4.79 Å². The zero-order chi connectivity index (χ0) is 19.3. The van der Waals surface area contributed by atoms with Gasteiger partial charge in [0.1, 0.15) is 0 Å². The van der Waals surface area contributed by atoms with E-state index in [2.05, 4.69) is 21.3 Å². The summed E-state index contributed by atoms with van der Waals surface area (Å²) >= 11 is 6.06. The van der Waals surface area contributed by atoms with Crippen LogP contribution in [0.5, 0.6) is 0 Å². The van der Waals surface area contributed by atoms with Gasteiger partial charge in [-0.25, -0.2) is 4.68 Å². The molecule has 2 heterocycles. The number of benzene rings is 2. The zero-order valence-electron chi connectivity index (χ0n) is 15.5. The first-order chi connectivity index (χ1) is 13.7. The number of halogens is 1. The summed E-state index contributed by atoms with van der Waals surface area (Å²) in [4.78, 5) is 16.9. The molecule has 7 heteroatoms. The van der Waals surface area contributed by atoms with Crippen LogP contribution in [0, 0.1) is 0 Å². The van der Waals surface area contributed by atoms with Crippen LogP contribution in [0.15, 0.2) is 60.8 Å². The number of rotatable bonds is 5. The number of hydrogen-bond donors (Lipinski definition) is 0. The fourth-order valence-corrected chi connectivity index (χ4v) is 3.62. The number of nitrogens with zero attached hydrogens (tertiary/aromatic N) is 5. The lowest BCUT2D eigenvalue weighted by atomic mass is 10.2. The van der Waals surface area contributed by atoms with Gasteiger partial charge in [0.25, 0.3) is 5.91 Å². The molecule has 1 aliphatic heterocycles. The molecule has 0 atom stereocenters. The van der Waals surface area contributed by atoms with E-state index in [1.807, 2.05) is 53.4 Å². The number of aromatic nitrogens is 3. The highest BCUT2D eigenvalue weighted by atomic mass is 35.5. The van der Waals surface area contributed by atoms with Crippen LogP contribution in [0.4, 0.5) is 0 Å². The zero-order valence-corrected chi connectivity index (χ0v) is 16.3. The topological polar surface area (TPSA) is 54.3 Å². The van der Waals surface area contributed by atoms with Gasteiger partial charge in [0.2, 0.25) is 0 Å². The van der Waals surface area contributed by atoms with Crippen LogP contribution in [-0.4, -0.2) is 56.9 Å². The average molecular weight is 396 g/mol. The highest BCUT2D eigenvalue weighted by Gasteiger charge is 2.24. The Balaban J connectivity index is 1.31. The molecule has 1 aliphatic rings. The minimum absolute atomic E-state index is 0.0540. The number of piperazine rings is 1. The average Bonchev–Trinajstić information content (AvgIpc) is 3.17. The van der Waals surface area contributed by atoms with Crippen LogP contribution in [0.2, 0.25) is 5.02 Å². The standard InChI is InChI=1S/C21H22ClN5O/c22-19-8-4-7-18(13-19)14-25-9-11-26(12-10-25)21(28)20-16-27(24-23-20)15-17-5-2-1-3-6-17/h1-8,13,16H,9-12,14-15H2. The van der Waals surface area contributed by atoms with Gasteiger partial charge >= 0.3 is 0 Å². The quantitative estimate of drug-likeness (QED) is 0.666. The van der Waals surface area contributed by atoms with Crippen molar-refractivity contribution in [3.63, 3.8) is 0 Å². The van der Waals surface area contributed by atoms with Crippen LogP contribution in [0.1, 0.15) is 21.6 Å². The Labute approximate surface area is 169 Å². The van der Waals surface area contributed by atoms with E-state index in [1.165, 1.54) is 5.56 Å². The highest BCUT2D eigenvalue weighted by Crippen LogP contribution is 2.15. The minimum atomic E-state index is -0.0540. The molecule has 144 valence electrons. The lowest BCUT2D eigenvalue weighted by Crippen LogP contribution is -2.48. The molecule has 28 heavy (non-hydrogen) atoms. The normalized spacial score (nSPS) is 15.0. The minimum Gasteiger partial charge on any atom is -0.335 e. The third kappa shape index (κ3) is 4.58. The molecule has 1 aromatic heterocycles. The highest BCUT2D eigenvalue weighted by molar-refractivity contribution is 6.30. The summed E-state index contributed by atoms with van der Waals surface area (Å²) in [5.41, 5.74) is 2.72. The Morgan fingerprint density at radius 1 is 0.929 bits per heavy atom. The maximum Gasteiger partial charge on any atom is 0.276 e. The molecule has 0 radical (unpaired) electrons. The van der Waals surface area contributed by atoms with Crippen molar-refractivity contribution in [3.05, 3.63) is 82.6 Å². The number of carbonyl (C=O) groups excluding carboxylic acids is 1. The first-order valence-electron chi connectivity index (χ1n) is 9.37. The Bertz CT molecular complexity index is 935. The molecule has 0 bridgehead atoms. The maximum atomic E-state index is 12.7. The van der Waals surface area contributed by atoms with Crippen LogP contribution >= 0.6 is 11.6 Å². The summed E-state index contributed by atoms with van der Waals surface area (Å²) in [7, 11) is 0. The fourth-order valence-electron chi connectivity index (χ4n) is 3.41. The Kier molecular flexibility index (Phi) is 5.69. The number of amides is 1. The van der Waals surface area contributed by atoms with Gasteiger partial charge in [-0.1, -0.05) is 59.3 Å². The lowest BCUT2D eigenvalue weighted by Gasteiger charge is -2.34. The van der Waals surface area contributed by atoms with Crippen molar-refractivity contribution >= 4 is 17.5 Å². The van der Waals surface area contributed by atoms with Gasteiger partial charge in [0.05, 0.1) is 12.7 Å². The van der Waals surface area contributed by atoms with Crippen molar-refractivity contribution in [1.82, 2.24) is 24.8 Å². The van der Waals surface area contributed by atoms with Crippen LogP contribution < -0.4 is 0 Å². The fraction of sp³-hybridized carbons (Fsp3) is 0.286. The van der Waals surface area contributed by atoms with Gasteiger partial charge in [-0.3, -0.25) is 9.69 Å². The van der Waals surface area contributed by atoms with Crippen molar-refractivity contribution in [2.75, 3.05) is 26.2 Å². The largest absolute Gasteiger partial charge is 0.335 e. The van der Waals surface area contributed by atoms with Crippen molar-refractivity contribution in [2.45, 2.75) is 13.1 Å². The molecule has 6 nitrogen and oxygen atoms in total. The Morgan fingerprint density at radius 2 is 1.68 bits per heavy atom. The summed E-state index contributed by atoms with van der Waals surface area (Å²) < 4.78 is 1.71. The van der Waals surface area contributed by atoms with Gasteiger partial charge in [-0.05, 0) is 23.3 Å². The maximum absolute atomic E-state index is 12.7.